The standard InChI is InChI=1S/C12H12ClF3N6O3/c1-5(23)17-9-7(25-12(14,15)16)4-3-6(8(9)13)10(24)18-11-19-20-21-22(11)2/h3-4,20-21H,1-2H3,(H,17,23)(H,18,19,24). The molecule has 136 valence electrons. The number of halogens is 4. The number of hydrogen-bond acceptors (Lipinski definition) is 7. The van der Waals surface area contributed by atoms with Crippen LogP contribution in [-0.4, -0.2) is 36.2 Å². The van der Waals surface area contributed by atoms with Crippen molar-refractivity contribution < 1.29 is 27.5 Å². The molecule has 2 rings (SSSR count). The second-order valence-corrected chi connectivity index (χ2v) is 5.08. The zero-order valence-electron chi connectivity index (χ0n) is 12.8. The molecule has 4 N–H and O–H groups in total. The van der Waals surface area contributed by atoms with E-state index in [-0.39, 0.29) is 11.5 Å². The van der Waals surface area contributed by atoms with Crippen LogP contribution in [0.5, 0.6) is 5.75 Å². The van der Waals surface area contributed by atoms with Crippen LogP contribution in [0.25, 0.3) is 0 Å². The molecule has 1 aromatic rings. The minimum Gasteiger partial charge on any atom is -0.404 e. The summed E-state index contributed by atoms with van der Waals surface area (Å²) in [6.45, 7) is 1.07. The molecule has 25 heavy (non-hydrogen) atoms. The lowest BCUT2D eigenvalue weighted by atomic mass is 10.1. The number of nitrogens with one attached hydrogen (secondary N) is 4. The van der Waals surface area contributed by atoms with Crippen molar-refractivity contribution in [2.45, 2.75) is 13.3 Å². The summed E-state index contributed by atoms with van der Waals surface area (Å²) in [4.78, 5) is 23.5. The van der Waals surface area contributed by atoms with Gasteiger partial charge < -0.3 is 10.1 Å². The third-order valence-corrected chi connectivity index (χ3v) is 3.19. The number of hydrogen-bond donors (Lipinski definition) is 4. The van der Waals surface area contributed by atoms with E-state index in [0.717, 1.165) is 19.1 Å². The van der Waals surface area contributed by atoms with Crippen LogP contribution in [0.3, 0.4) is 0 Å². The first-order chi connectivity index (χ1) is 11.6. The molecular weight excluding hydrogens is 369 g/mol. The first-order valence-electron chi connectivity index (χ1n) is 6.57. The van der Waals surface area contributed by atoms with Gasteiger partial charge in [-0.15, -0.1) is 23.8 Å². The molecule has 0 fully saturated rings. The van der Waals surface area contributed by atoms with Crippen LogP contribution in [0.2, 0.25) is 5.02 Å². The van der Waals surface area contributed by atoms with Gasteiger partial charge in [-0.1, -0.05) is 11.6 Å². The second kappa shape index (κ2) is 7.03. The van der Waals surface area contributed by atoms with E-state index in [1.165, 1.54) is 5.01 Å². The van der Waals surface area contributed by atoms with Crippen LogP contribution in [0.15, 0.2) is 17.2 Å². The number of anilines is 1. The molecule has 0 unspecified atom stereocenters. The smallest absolute Gasteiger partial charge is 0.404 e. The second-order valence-electron chi connectivity index (χ2n) is 4.70. The minimum absolute atomic E-state index is 0.0951. The molecule has 0 saturated heterocycles. The Balaban J connectivity index is 2.36. The van der Waals surface area contributed by atoms with E-state index in [1.807, 2.05) is 0 Å². The molecule has 13 heteroatoms. The normalized spacial score (nSPS) is 13.8. The van der Waals surface area contributed by atoms with Crippen molar-refractivity contribution in [3.63, 3.8) is 0 Å². The topological polar surface area (TPSA) is 107 Å². The summed E-state index contributed by atoms with van der Waals surface area (Å²) in [5.41, 5.74) is 4.26. The molecule has 9 nitrogen and oxygen atoms in total. The lowest BCUT2D eigenvalue weighted by molar-refractivity contribution is -0.274. The summed E-state index contributed by atoms with van der Waals surface area (Å²) in [5.74, 6) is -2.10. The van der Waals surface area contributed by atoms with Gasteiger partial charge in [0.1, 0.15) is 5.69 Å². The Hall–Kier alpha value is -2.73. The molecule has 0 aromatic heterocycles. The number of nitrogens with zero attached hydrogens (tertiary/aromatic N) is 2. The fraction of sp³-hybridized carbons (Fsp3) is 0.250. The fourth-order valence-electron chi connectivity index (χ4n) is 1.80. The Kier molecular flexibility index (Phi) is 5.23. The van der Waals surface area contributed by atoms with E-state index in [1.54, 1.807) is 7.05 Å². The molecule has 0 spiro atoms. The van der Waals surface area contributed by atoms with Crippen molar-refractivity contribution in [1.29, 1.82) is 0 Å². The van der Waals surface area contributed by atoms with E-state index < -0.39 is 34.6 Å². The summed E-state index contributed by atoms with van der Waals surface area (Å²) in [5, 5.41) is 9.13. The average Bonchev–Trinajstić information content (AvgIpc) is 2.86. The van der Waals surface area contributed by atoms with Gasteiger partial charge >= 0.3 is 6.36 Å². The maximum Gasteiger partial charge on any atom is 0.573 e. The quantitative estimate of drug-likeness (QED) is 0.627. The van der Waals surface area contributed by atoms with Crippen molar-refractivity contribution in [3.05, 3.63) is 22.7 Å². The number of benzene rings is 1. The maximum absolute atomic E-state index is 12.5. The van der Waals surface area contributed by atoms with Crippen molar-refractivity contribution >= 4 is 35.1 Å². The Labute approximate surface area is 144 Å². The Morgan fingerprint density at radius 1 is 1.32 bits per heavy atom. The third kappa shape index (κ3) is 4.64. The lowest BCUT2D eigenvalue weighted by Gasteiger charge is -2.17. The summed E-state index contributed by atoms with van der Waals surface area (Å²) in [6, 6.07) is 1.90. The van der Waals surface area contributed by atoms with Gasteiger partial charge in [0.05, 0.1) is 10.6 Å². The summed E-state index contributed by atoms with van der Waals surface area (Å²) >= 11 is 6.00. The van der Waals surface area contributed by atoms with E-state index in [0.29, 0.717) is 0 Å². The third-order valence-electron chi connectivity index (χ3n) is 2.80. The number of hydrazone groups is 1. The Morgan fingerprint density at radius 2 is 2.00 bits per heavy atom. The first-order valence-corrected chi connectivity index (χ1v) is 6.95. The van der Waals surface area contributed by atoms with Crippen molar-refractivity contribution in [2.75, 3.05) is 12.4 Å². The molecule has 0 atom stereocenters. The highest BCUT2D eigenvalue weighted by Crippen LogP contribution is 2.38. The Morgan fingerprint density at radius 3 is 2.52 bits per heavy atom. The van der Waals surface area contributed by atoms with Gasteiger partial charge in [0, 0.05) is 14.0 Å². The average molecular weight is 381 g/mol. The molecular formula is C12H12ClF3N6O3. The van der Waals surface area contributed by atoms with E-state index in [4.69, 9.17) is 11.6 Å². The van der Waals surface area contributed by atoms with Gasteiger partial charge in [0.15, 0.2) is 5.75 Å². The predicted octanol–water partition coefficient (Wildman–Crippen LogP) is 1.15. The number of amides is 2. The van der Waals surface area contributed by atoms with Crippen LogP contribution in [0.1, 0.15) is 17.3 Å². The first kappa shape index (κ1) is 18.6. The summed E-state index contributed by atoms with van der Waals surface area (Å²) in [6.07, 6.45) is -5.00. The molecule has 0 aliphatic carbocycles. The number of carbonyl (C=O) groups is 2. The number of rotatable bonds is 3. The van der Waals surface area contributed by atoms with E-state index in [2.05, 4.69) is 31.5 Å². The van der Waals surface area contributed by atoms with E-state index in [9.17, 15) is 22.8 Å². The zero-order valence-corrected chi connectivity index (χ0v) is 13.5. The number of carbonyl (C=O) groups excluding carboxylic acids is 2. The van der Waals surface area contributed by atoms with E-state index >= 15 is 0 Å². The number of ether oxygens (including phenoxy) is 1. The molecule has 0 bridgehead atoms. The SMILES string of the molecule is CC(=O)Nc1c(OC(F)(F)F)ccc(C(=O)NC2=NNNN2C)c1Cl. The molecule has 1 aliphatic heterocycles. The number of hydrazine groups is 2. The van der Waals surface area contributed by atoms with Crippen LogP contribution in [0, 0.1) is 0 Å². The van der Waals surface area contributed by atoms with Crippen molar-refractivity contribution in [3.8, 4) is 5.75 Å². The summed E-state index contributed by atoms with van der Waals surface area (Å²) < 4.78 is 41.2. The van der Waals surface area contributed by atoms with Crippen LogP contribution in [0.4, 0.5) is 18.9 Å². The Bertz CT molecular complexity index is 740. The van der Waals surface area contributed by atoms with Gasteiger partial charge in [-0.25, -0.2) is 5.53 Å². The molecule has 1 aliphatic rings. The molecule has 1 aromatic carbocycles. The van der Waals surface area contributed by atoms with Crippen LogP contribution in [-0.2, 0) is 4.79 Å². The van der Waals surface area contributed by atoms with Crippen molar-refractivity contribution in [2.24, 2.45) is 5.10 Å². The minimum atomic E-state index is -5.00. The van der Waals surface area contributed by atoms with Gasteiger partial charge in [-0.3, -0.25) is 19.9 Å². The van der Waals surface area contributed by atoms with Crippen molar-refractivity contribution in [1.82, 2.24) is 21.4 Å². The van der Waals surface area contributed by atoms with Gasteiger partial charge in [-0.05, 0) is 12.1 Å². The van der Waals surface area contributed by atoms with Gasteiger partial charge in [-0.2, -0.15) is 0 Å². The lowest BCUT2D eigenvalue weighted by Crippen LogP contribution is -2.45. The number of alkyl halides is 3. The molecule has 0 saturated carbocycles. The molecule has 0 radical (unpaired) electrons. The van der Waals surface area contributed by atoms with Crippen LogP contribution < -0.4 is 26.4 Å². The largest absolute Gasteiger partial charge is 0.573 e. The zero-order chi connectivity index (χ0) is 18.8. The number of guanidine groups is 1. The fourth-order valence-corrected chi connectivity index (χ4v) is 2.09. The van der Waals surface area contributed by atoms with Gasteiger partial charge in [0.25, 0.3) is 5.91 Å². The predicted molar refractivity (Wildman–Crippen MR) is 81.4 cm³/mol. The highest BCUT2D eigenvalue weighted by Gasteiger charge is 2.33. The monoisotopic (exact) mass is 380 g/mol. The molecule has 1 heterocycles. The summed E-state index contributed by atoms with van der Waals surface area (Å²) in [7, 11) is 1.55. The highest BCUT2D eigenvalue weighted by molar-refractivity contribution is 6.37. The van der Waals surface area contributed by atoms with Crippen LogP contribution >= 0.6 is 11.6 Å². The highest BCUT2D eigenvalue weighted by atomic mass is 35.5. The maximum atomic E-state index is 12.5. The molecule has 2 amide bonds. The van der Waals surface area contributed by atoms with Gasteiger partial charge in [0.2, 0.25) is 11.9 Å².